The van der Waals surface area contributed by atoms with Crippen LogP contribution in [0.15, 0.2) is 73.4 Å². The molecule has 8 nitrogen and oxygen atoms in total. The molecule has 0 atom stereocenters. The Bertz CT molecular complexity index is 1600. The Morgan fingerprint density at radius 2 is 1.78 bits per heavy atom. The van der Waals surface area contributed by atoms with Crippen molar-refractivity contribution in [3.63, 3.8) is 0 Å². The van der Waals surface area contributed by atoms with Crippen LogP contribution in [0.1, 0.15) is 11.1 Å². The van der Waals surface area contributed by atoms with E-state index in [0.717, 1.165) is 71.3 Å². The molecule has 0 spiro atoms. The van der Waals surface area contributed by atoms with Gasteiger partial charge < -0.3 is 4.90 Å². The molecule has 184 valence electrons. The molecular weight excluding hydrogens is 484 g/mol. The van der Waals surface area contributed by atoms with E-state index >= 15 is 0 Å². The number of nitriles is 1. The third-order valence-corrected chi connectivity index (χ3v) is 7.06. The molecule has 1 saturated heterocycles. The van der Waals surface area contributed by atoms with E-state index in [1.54, 1.807) is 15.4 Å². The van der Waals surface area contributed by atoms with Crippen LogP contribution in [0.2, 0.25) is 5.02 Å². The third-order valence-electron chi connectivity index (χ3n) is 6.82. The number of rotatable bonds is 5. The minimum absolute atomic E-state index is 0.535. The van der Waals surface area contributed by atoms with Crippen LogP contribution >= 0.6 is 11.6 Å². The fraction of sp³-hybridized carbons (Fsp3) is 0.214. The standard InChI is InChI=1S/C28H25ClN8/c1-34-18-24(16-32-34)22-12-26(28-23(13-30)15-33-37(28)19-22)21-5-6-27(31-14-21)36-9-7-35(8-10-36)17-20-3-2-4-25(29)11-20/h2-6,11-12,14-16,18-19H,7-10,17H2,1H3. The molecule has 0 saturated carbocycles. The molecule has 1 aliphatic rings. The summed E-state index contributed by atoms with van der Waals surface area (Å²) in [6.07, 6.45) is 9.22. The fourth-order valence-corrected chi connectivity index (χ4v) is 5.13. The first-order valence-corrected chi connectivity index (χ1v) is 12.5. The normalized spacial score (nSPS) is 14.2. The number of fused-ring (bicyclic) bond motifs is 1. The number of anilines is 1. The van der Waals surface area contributed by atoms with Crippen molar-refractivity contribution in [2.24, 2.45) is 7.05 Å². The molecule has 0 amide bonds. The van der Waals surface area contributed by atoms with Crippen molar-refractivity contribution in [3.05, 3.63) is 89.6 Å². The first-order valence-electron chi connectivity index (χ1n) is 12.2. The van der Waals surface area contributed by atoms with Gasteiger partial charge in [0.15, 0.2) is 0 Å². The minimum atomic E-state index is 0.535. The van der Waals surface area contributed by atoms with Crippen LogP contribution in [-0.4, -0.2) is 55.5 Å². The Balaban J connectivity index is 1.23. The number of hydrogen-bond donors (Lipinski definition) is 0. The van der Waals surface area contributed by atoms with E-state index in [2.05, 4.69) is 50.3 Å². The van der Waals surface area contributed by atoms with Crippen molar-refractivity contribution < 1.29 is 0 Å². The summed E-state index contributed by atoms with van der Waals surface area (Å²) < 4.78 is 3.54. The summed E-state index contributed by atoms with van der Waals surface area (Å²) in [5.41, 5.74) is 6.37. The van der Waals surface area contributed by atoms with Crippen LogP contribution in [0, 0.1) is 11.3 Å². The molecule has 1 aromatic carbocycles. The van der Waals surface area contributed by atoms with Gasteiger partial charge in [-0.25, -0.2) is 9.50 Å². The van der Waals surface area contributed by atoms with E-state index in [9.17, 15) is 5.26 Å². The Kier molecular flexibility index (Phi) is 6.08. The second-order valence-electron chi connectivity index (χ2n) is 9.31. The number of halogens is 1. The Hall–Kier alpha value is -4.19. The highest BCUT2D eigenvalue weighted by molar-refractivity contribution is 6.30. The van der Waals surface area contributed by atoms with Gasteiger partial charge in [-0.1, -0.05) is 23.7 Å². The van der Waals surface area contributed by atoms with Crippen LogP contribution in [0.25, 0.3) is 27.8 Å². The van der Waals surface area contributed by atoms with Gasteiger partial charge in [0, 0.05) is 85.6 Å². The summed E-state index contributed by atoms with van der Waals surface area (Å²) in [7, 11) is 1.89. The predicted octanol–water partition coefficient (Wildman–Crippen LogP) is 4.64. The van der Waals surface area contributed by atoms with Crippen LogP contribution in [-0.2, 0) is 13.6 Å². The summed E-state index contributed by atoms with van der Waals surface area (Å²) in [4.78, 5) is 9.58. The smallest absolute Gasteiger partial charge is 0.128 e. The van der Waals surface area contributed by atoms with E-state index in [-0.39, 0.29) is 0 Å². The molecular formula is C28H25ClN8. The van der Waals surface area contributed by atoms with Crippen molar-refractivity contribution in [2.45, 2.75) is 6.54 Å². The summed E-state index contributed by atoms with van der Waals surface area (Å²) in [6, 6.07) is 16.6. The van der Waals surface area contributed by atoms with Gasteiger partial charge in [-0.2, -0.15) is 15.5 Å². The molecule has 37 heavy (non-hydrogen) atoms. The Morgan fingerprint density at radius 1 is 0.919 bits per heavy atom. The maximum absolute atomic E-state index is 9.68. The number of benzene rings is 1. The molecule has 9 heteroatoms. The molecule has 1 aliphatic heterocycles. The summed E-state index contributed by atoms with van der Waals surface area (Å²) in [5, 5.41) is 19.2. The molecule has 0 unspecified atom stereocenters. The van der Waals surface area contributed by atoms with Crippen LogP contribution < -0.4 is 4.90 Å². The molecule has 0 N–H and O–H groups in total. The largest absolute Gasteiger partial charge is 0.354 e. The molecule has 6 rings (SSSR count). The number of aryl methyl sites for hydroxylation is 1. The second-order valence-corrected chi connectivity index (χ2v) is 9.74. The monoisotopic (exact) mass is 508 g/mol. The molecule has 0 bridgehead atoms. The number of hydrogen-bond acceptors (Lipinski definition) is 6. The van der Waals surface area contributed by atoms with Gasteiger partial charge in [-0.05, 0) is 35.9 Å². The first kappa shape index (κ1) is 23.2. The molecule has 1 fully saturated rings. The van der Waals surface area contributed by atoms with E-state index in [4.69, 9.17) is 16.6 Å². The maximum Gasteiger partial charge on any atom is 0.128 e. The number of nitrogens with zero attached hydrogens (tertiary/aromatic N) is 8. The average Bonchev–Trinajstić information content (AvgIpc) is 3.55. The quantitative estimate of drug-likeness (QED) is 0.344. The third kappa shape index (κ3) is 4.67. The van der Waals surface area contributed by atoms with Gasteiger partial charge in [0.05, 0.1) is 23.5 Å². The Labute approximate surface area is 220 Å². The lowest BCUT2D eigenvalue weighted by molar-refractivity contribution is 0.249. The van der Waals surface area contributed by atoms with Crippen LogP contribution in [0.4, 0.5) is 5.82 Å². The Morgan fingerprint density at radius 3 is 2.49 bits per heavy atom. The maximum atomic E-state index is 9.68. The topological polar surface area (TPSA) is 78.3 Å². The van der Waals surface area contributed by atoms with E-state index in [1.165, 1.54) is 5.56 Å². The molecule has 0 radical (unpaired) electrons. The summed E-state index contributed by atoms with van der Waals surface area (Å²) in [6.45, 7) is 4.65. The van der Waals surface area contributed by atoms with Gasteiger partial charge in [-0.15, -0.1) is 0 Å². The minimum Gasteiger partial charge on any atom is -0.354 e. The summed E-state index contributed by atoms with van der Waals surface area (Å²) in [5.74, 6) is 0.958. The number of pyridine rings is 2. The second kappa shape index (κ2) is 9.69. The lowest BCUT2D eigenvalue weighted by Crippen LogP contribution is -2.46. The lowest BCUT2D eigenvalue weighted by Gasteiger charge is -2.35. The molecule has 5 heterocycles. The van der Waals surface area contributed by atoms with E-state index in [1.807, 2.05) is 50.0 Å². The van der Waals surface area contributed by atoms with Crippen LogP contribution in [0.5, 0.6) is 0 Å². The van der Waals surface area contributed by atoms with Gasteiger partial charge in [0.2, 0.25) is 0 Å². The van der Waals surface area contributed by atoms with Gasteiger partial charge >= 0.3 is 0 Å². The van der Waals surface area contributed by atoms with E-state index < -0.39 is 0 Å². The highest BCUT2D eigenvalue weighted by Crippen LogP contribution is 2.32. The van der Waals surface area contributed by atoms with Crippen molar-refractivity contribution in [2.75, 3.05) is 31.1 Å². The van der Waals surface area contributed by atoms with Crippen molar-refractivity contribution in [1.82, 2.24) is 29.3 Å². The molecule has 4 aromatic heterocycles. The average molecular weight is 509 g/mol. The zero-order valence-electron chi connectivity index (χ0n) is 20.4. The zero-order valence-corrected chi connectivity index (χ0v) is 21.2. The fourth-order valence-electron chi connectivity index (χ4n) is 4.91. The predicted molar refractivity (Wildman–Crippen MR) is 144 cm³/mol. The highest BCUT2D eigenvalue weighted by atomic mass is 35.5. The van der Waals surface area contributed by atoms with Crippen molar-refractivity contribution in [3.8, 4) is 28.3 Å². The highest BCUT2D eigenvalue weighted by Gasteiger charge is 2.19. The van der Waals surface area contributed by atoms with Crippen molar-refractivity contribution >= 4 is 22.9 Å². The van der Waals surface area contributed by atoms with E-state index in [0.29, 0.717) is 5.56 Å². The number of aromatic nitrogens is 5. The van der Waals surface area contributed by atoms with Gasteiger partial charge in [0.1, 0.15) is 11.9 Å². The van der Waals surface area contributed by atoms with Gasteiger partial charge in [-0.3, -0.25) is 9.58 Å². The SMILES string of the molecule is Cn1cc(-c2cc(-c3ccc(N4CCN(Cc5cccc(Cl)c5)CC4)nc3)c3c(C#N)cnn3c2)cn1. The molecule has 5 aromatic rings. The summed E-state index contributed by atoms with van der Waals surface area (Å²) >= 11 is 6.15. The molecule has 0 aliphatic carbocycles. The van der Waals surface area contributed by atoms with Gasteiger partial charge in [0.25, 0.3) is 0 Å². The first-order chi connectivity index (χ1) is 18.1. The van der Waals surface area contributed by atoms with Crippen LogP contribution in [0.3, 0.4) is 0 Å². The zero-order chi connectivity index (χ0) is 25.4. The lowest BCUT2D eigenvalue weighted by atomic mass is 10.0. The number of piperazine rings is 1. The van der Waals surface area contributed by atoms with Crippen molar-refractivity contribution in [1.29, 1.82) is 5.26 Å².